The zero-order chi connectivity index (χ0) is 24.1. The van der Waals surface area contributed by atoms with Gasteiger partial charge < -0.3 is 18.9 Å². The number of nitrogens with zero attached hydrogens (tertiary/aromatic N) is 1. The van der Waals surface area contributed by atoms with Crippen LogP contribution in [-0.4, -0.2) is 36.9 Å². The molecule has 3 unspecified atom stereocenters. The SMILES string of the molecule is CC1(C)COC(c2cccc(C3OC(COCc4ccccc4)CC3OCc3ccccc3)c2)=N1. The van der Waals surface area contributed by atoms with Gasteiger partial charge in [-0.05, 0) is 42.7 Å². The van der Waals surface area contributed by atoms with E-state index in [1.54, 1.807) is 0 Å². The van der Waals surface area contributed by atoms with Crippen LogP contribution in [0.1, 0.15) is 48.6 Å². The highest BCUT2D eigenvalue weighted by Gasteiger charge is 2.37. The van der Waals surface area contributed by atoms with Gasteiger partial charge in [0, 0.05) is 12.0 Å². The van der Waals surface area contributed by atoms with E-state index < -0.39 is 0 Å². The number of hydrogen-bond acceptors (Lipinski definition) is 5. The lowest BCUT2D eigenvalue weighted by atomic mass is 10.0. The summed E-state index contributed by atoms with van der Waals surface area (Å²) in [6, 6.07) is 28.8. The van der Waals surface area contributed by atoms with Crippen LogP contribution in [0.2, 0.25) is 0 Å². The van der Waals surface area contributed by atoms with Crippen molar-refractivity contribution in [2.45, 2.75) is 57.3 Å². The predicted octanol–water partition coefficient (Wildman–Crippen LogP) is 5.87. The van der Waals surface area contributed by atoms with Crippen molar-refractivity contribution >= 4 is 5.90 Å². The Bertz CT molecular complexity index is 1130. The van der Waals surface area contributed by atoms with Crippen LogP contribution < -0.4 is 0 Å². The highest BCUT2D eigenvalue weighted by atomic mass is 16.6. The first-order valence-electron chi connectivity index (χ1n) is 12.3. The third-order valence-corrected chi connectivity index (χ3v) is 6.32. The van der Waals surface area contributed by atoms with Gasteiger partial charge in [-0.3, -0.25) is 0 Å². The Balaban J connectivity index is 1.29. The molecular weight excluding hydrogens is 438 g/mol. The summed E-state index contributed by atoms with van der Waals surface area (Å²) < 4.78 is 24.8. The molecule has 35 heavy (non-hydrogen) atoms. The lowest BCUT2D eigenvalue weighted by Gasteiger charge is -2.20. The van der Waals surface area contributed by atoms with Crippen LogP contribution in [0.4, 0.5) is 0 Å². The van der Waals surface area contributed by atoms with Crippen LogP contribution in [0.5, 0.6) is 0 Å². The molecule has 0 radical (unpaired) electrons. The van der Waals surface area contributed by atoms with E-state index in [-0.39, 0.29) is 23.9 Å². The van der Waals surface area contributed by atoms with Gasteiger partial charge in [0.05, 0.1) is 37.6 Å². The molecule has 182 valence electrons. The van der Waals surface area contributed by atoms with Gasteiger partial charge in [0.25, 0.3) is 0 Å². The van der Waals surface area contributed by atoms with Gasteiger partial charge in [-0.25, -0.2) is 4.99 Å². The maximum atomic E-state index is 6.51. The van der Waals surface area contributed by atoms with E-state index in [0.29, 0.717) is 32.3 Å². The normalized spacial score (nSPS) is 23.1. The van der Waals surface area contributed by atoms with Crippen molar-refractivity contribution in [3.05, 3.63) is 107 Å². The topological polar surface area (TPSA) is 49.3 Å². The number of ether oxygens (including phenoxy) is 4. The monoisotopic (exact) mass is 471 g/mol. The molecule has 2 heterocycles. The van der Waals surface area contributed by atoms with E-state index in [2.05, 4.69) is 50.2 Å². The number of aliphatic imine (C=N–C) groups is 1. The first-order chi connectivity index (χ1) is 17.1. The summed E-state index contributed by atoms with van der Waals surface area (Å²) in [7, 11) is 0. The molecule has 0 N–H and O–H groups in total. The summed E-state index contributed by atoms with van der Waals surface area (Å²) in [6.45, 7) is 6.40. The highest BCUT2D eigenvalue weighted by molar-refractivity contribution is 5.95. The molecule has 2 aliphatic rings. The van der Waals surface area contributed by atoms with Gasteiger partial charge >= 0.3 is 0 Å². The summed E-state index contributed by atoms with van der Waals surface area (Å²) in [4.78, 5) is 4.74. The third-order valence-electron chi connectivity index (χ3n) is 6.32. The summed E-state index contributed by atoms with van der Waals surface area (Å²) in [5.74, 6) is 0.694. The lowest BCUT2D eigenvalue weighted by Crippen LogP contribution is -2.18. The first-order valence-corrected chi connectivity index (χ1v) is 12.3. The fraction of sp³-hybridized carbons (Fsp3) is 0.367. The summed E-state index contributed by atoms with van der Waals surface area (Å²) in [5, 5.41) is 0. The molecule has 0 saturated carbocycles. The van der Waals surface area contributed by atoms with Gasteiger partial charge in [0.15, 0.2) is 0 Å². The Morgan fingerprint density at radius 1 is 0.886 bits per heavy atom. The Morgan fingerprint density at radius 2 is 1.60 bits per heavy atom. The molecule has 0 aromatic heterocycles. The summed E-state index contributed by atoms with van der Waals surface area (Å²) in [6.07, 6.45) is 0.492. The Kier molecular flexibility index (Phi) is 7.28. The summed E-state index contributed by atoms with van der Waals surface area (Å²) >= 11 is 0. The van der Waals surface area contributed by atoms with Gasteiger partial charge in [-0.15, -0.1) is 0 Å². The molecule has 0 amide bonds. The standard InChI is InChI=1S/C30H33NO4/c1-30(2)21-34-29(31-30)25-15-9-14-24(16-25)28-27(33-19-23-12-7-4-8-13-23)17-26(35-28)20-32-18-22-10-5-3-6-11-22/h3-16,26-28H,17-21H2,1-2H3. The van der Waals surface area contributed by atoms with Crippen LogP contribution in [-0.2, 0) is 32.2 Å². The van der Waals surface area contributed by atoms with Crippen molar-refractivity contribution in [2.24, 2.45) is 4.99 Å². The molecule has 0 aliphatic carbocycles. The van der Waals surface area contributed by atoms with E-state index in [1.165, 1.54) is 0 Å². The second-order valence-electron chi connectivity index (χ2n) is 9.89. The molecule has 5 nitrogen and oxygen atoms in total. The van der Waals surface area contributed by atoms with Crippen molar-refractivity contribution in [3.63, 3.8) is 0 Å². The Labute approximate surface area is 207 Å². The average Bonchev–Trinajstić information content (AvgIpc) is 3.47. The van der Waals surface area contributed by atoms with E-state index in [1.807, 2.05) is 48.5 Å². The molecule has 3 aromatic carbocycles. The van der Waals surface area contributed by atoms with Crippen molar-refractivity contribution in [1.29, 1.82) is 0 Å². The van der Waals surface area contributed by atoms with Crippen molar-refractivity contribution in [2.75, 3.05) is 13.2 Å². The maximum Gasteiger partial charge on any atom is 0.216 e. The second-order valence-corrected chi connectivity index (χ2v) is 9.89. The number of rotatable bonds is 9. The fourth-order valence-corrected chi connectivity index (χ4v) is 4.53. The zero-order valence-electron chi connectivity index (χ0n) is 20.4. The minimum Gasteiger partial charge on any atom is -0.475 e. The zero-order valence-corrected chi connectivity index (χ0v) is 20.4. The molecule has 0 bridgehead atoms. The van der Waals surface area contributed by atoms with E-state index in [9.17, 15) is 0 Å². The van der Waals surface area contributed by atoms with E-state index in [0.717, 1.165) is 28.7 Å². The maximum absolute atomic E-state index is 6.51. The first kappa shape index (κ1) is 23.7. The van der Waals surface area contributed by atoms with Crippen LogP contribution >= 0.6 is 0 Å². The minimum absolute atomic E-state index is 0.0350. The van der Waals surface area contributed by atoms with Gasteiger partial charge in [0.2, 0.25) is 5.90 Å². The van der Waals surface area contributed by atoms with E-state index >= 15 is 0 Å². The molecule has 1 fully saturated rings. The van der Waals surface area contributed by atoms with E-state index in [4.69, 9.17) is 23.9 Å². The number of benzene rings is 3. The fourth-order valence-electron chi connectivity index (χ4n) is 4.53. The molecule has 0 spiro atoms. The molecule has 2 aliphatic heterocycles. The van der Waals surface area contributed by atoms with Gasteiger partial charge in [-0.2, -0.15) is 0 Å². The van der Waals surface area contributed by atoms with Gasteiger partial charge in [-0.1, -0.05) is 72.8 Å². The molecule has 5 rings (SSSR count). The molecule has 1 saturated heterocycles. The molecule has 3 aromatic rings. The summed E-state index contributed by atoms with van der Waals surface area (Å²) in [5.41, 5.74) is 4.16. The number of hydrogen-bond donors (Lipinski definition) is 0. The largest absolute Gasteiger partial charge is 0.475 e. The smallest absolute Gasteiger partial charge is 0.216 e. The lowest BCUT2D eigenvalue weighted by molar-refractivity contribution is -0.0489. The third kappa shape index (κ3) is 6.17. The molecular formula is C30H33NO4. The molecule has 5 heteroatoms. The van der Waals surface area contributed by atoms with Gasteiger partial charge in [0.1, 0.15) is 12.7 Å². The van der Waals surface area contributed by atoms with Crippen molar-refractivity contribution in [3.8, 4) is 0 Å². The quantitative estimate of drug-likeness (QED) is 0.391. The second kappa shape index (κ2) is 10.7. The highest BCUT2D eigenvalue weighted by Crippen LogP contribution is 2.37. The molecule has 3 atom stereocenters. The average molecular weight is 472 g/mol. The minimum atomic E-state index is -0.197. The van der Waals surface area contributed by atoms with Crippen molar-refractivity contribution in [1.82, 2.24) is 0 Å². The van der Waals surface area contributed by atoms with Crippen LogP contribution in [0.15, 0.2) is 89.9 Å². The Morgan fingerprint density at radius 3 is 2.29 bits per heavy atom. The predicted molar refractivity (Wildman–Crippen MR) is 136 cm³/mol. The van der Waals surface area contributed by atoms with Crippen LogP contribution in [0.3, 0.4) is 0 Å². The van der Waals surface area contributed by atoms with Crippen LogP contribution in [0.25, 0.3) is 0 Å². The Hall–Kier alpha value is -2.99. The van der Waals surface area contributed by atoms with Crippen LogP contribution in [0, 0.1) is 0 Å². The van der Waals surface area contributed by atoms with Crippen molar-refractivity contribution < 1.29 is 18.9 Å².